The van der Waals surface area contributed by atoms with Crippen LogP contribution in [0.15, 0.2) is 0 Å². The van der Waals surface area contributed by atoms with Gasteiger partial charge in [0, 0.05) is 13.1 Å². The molecule has 2 unspecified atom stereocenters. The van der Waals surface area contributed by atoms with E-state index >= 15 is 0 Å². The van der Waals surface area contributed by atoms with Crippen molar-refractivity contribution in [1.29, 1.82) is 0 Å². The lowest BCUT2D eigenvalue weighted by Gasteiger charge is -2.38. The Kier molecular flexibility index (Phi) is 4.55. The van der Waals surface area contributed by atoms with Crippen LogP contribution in [0.25, 0.3) is 0 Å². The number of carbonyl (C=O) groups is 2. The minimum atomic E-state index is -1.04. The normalized spacial score (nSPS) is 28.9. The van der Waals surface area contributed by atoms with Gasteiger partial charge >= 0.3 is 12.0 Å². The maximum absolute atomic E-state index is 12.4. The van der Waals surface area contributed by atoms with Gasteiger partial charge in [-0.2, -0.15) is 0 Å². The first-order valence-electron chi connectivity index (χ1n) is 7.75. The number of carbonyl (C=O) groups excluding carboxylic acids is 1. The Morgan fingerprint density at radius 2 is 1.75 bits per heavy atom. The molecule has 5 nitrogen and oxygen atoms in total. The van der Waals surface area contributed by atoms with Gasteiger partial charge in [-0.3, -0.25) is 0 Å². The summed E-state index contributed by atoms with van der Waals surface area (Å²) in [6.07, 6.45) is 7.37. The molecule has 2 rings (SSSR count). The molecule has 2 saturated carbocycles. The van der Waals surface area contributed by atoms with E-state index in [0.29, 0.717) is 18.8 Å². The van der Waals surface area contributed by atoms with Crippen molar-refractivity contribution in [3.63, 3.8) is 0 Å². The van der Waals surface area contributed by atoms with Gasteiger partial charge in [0.25, 0.3) is 0 Å². The molecular weight excluding hydrogens is 256 g/mol. The minimum absolute atomic E-state index is 0.229. The van der Waals surface area contributed by atoms with Crippen molar-refractivity contribution in [3.05, 3.63) is 0 Å². The number of carboxylic acid groups (broad SMARTS) is 1. The average Bonchev–Trinajstić information content (AvgIpc) is 2.88. The number of amides is 2. The van der Waals surface area contributed by atoms with Crippen molar-refractivity contribution in [3.8, 4) is 0 Å². The van der Waals surface area contributed by atoms with Crippen molar-refractivity contribution in [2.24, 2.45) is 5.92 Å². The van der Waals surface area contributed by atoms with Crippen molar-refractivity contribution in [1.82, 2.24) is 10.2 Å². The standard InChI is InChI=1S/C15H26N2O3/c1-11-7-3-4-8-12(11)17(2)14(20)16-15(13(18)19)9-5-6-10-15/h11-12H,3-10H2,1-2H3,(H,16,20)(H,18,19). The minimum Gasteiger partial charge on any atom is -0.480 e. The van der Waals surface area contributed by atoms with Crippen molar-refractivity contribution in [2.45, 2.75) is 69.9 Å². The summed E-state index contributed by atoms with van der Waals surface area (Å²) in [6.45, 7) is 2.18. The van der Waals surface area contributed by atoms with Crippen LogP contribution in [-0.4, -0.2) is 40.6 Å². The molecule has 0 radical (unpaired) electrons. The van der Waals surface area contributed by atoms with Gasteiger partial charge in [-0.05, 0) is 31.6 Å². The van der Waals surface area contributed by atoms with E-state index < -0.39 is 11.5 Å². The molecule has 20 heavy (non-hydrogen) atoms. The number of rotatable bonds is 3. The lowest BCUT2D eigenvalue weighted by molar-refractivity contribution is -0.144. The van der Waals surface area contributed by atoms with Crippen LogP contribution >= 0.6 is 0 Å². The molecule has 2 aliphatic carbocycles. The summed E-state index contributed by atoms with van der Waals surface area (Å²) in [5, 5.41) is 12.2. The molecule has 0 saturated heterocycles. The molecule has 2 N–H and O–H groups in total. The quantitative estimate of drug-likeness (QED) is 0.836. The fourth-order valence-electron chi connectivity index (χ4n) is 3.69. The molecule has 114 valence electrons. The molecule has 2 fully saturated rings. The number of nitrogens with zero attached hydrogens (tertiary/aromatic N) is 1. The second-order valence-electron chi connectivity index (χ2n) is 6.46. The van der Waals surface area contributed by atoms with Gasteiger partial charge in [-0.25, -0.2) is 9.59 Å². The topological polar surface area (TPSA) is 69.6 Å². The van der Waals surface area contributed by atoms with E-state index in [-0.39, 0.29) is 12.1 Å². The van der Waals surface area contributed by atoms with Crippen LogP contribution in [0.1, 0.15) is 58.3 Å². The molecule has 2 aliphatic rings. The maximum Gasteiger partial charge on any atom is 0.329 e. The zero-order valence-corrected chi connectivity index (χ0v) is 12.5. The Morgan fingerprint density at radius 3 is 2.30 bits per heavy atom. The van der Waals surface area contributed by atoms with E-state index in [0.717, 1.165) is 32.1 Å². The first-order chi connectivity index (χ1) is 9.46. The monoisotopic (exact) mass is 282 g/mol. The Morgan fingerprint density at radius 1 is 1.15 bits per heavy atom. The van der Waals surface area contributed by atoms with Gasteiger partial charge in [-0.1, -0.05) is 32.6 Å². The maximum atomic E-state index is 12.4. The highest BCUT2D eigenvalue weighted by molar-refractivity contribution is 5.86. The number of hydrogen-bond donors (Lipinski definition) is 2. The van der Waals surface area contributed by atoms with Crippen LogP contribution in [0.4, 0.5) is 4.79 Å². The second-order valence-corrected chi connectivity index (χ2v) is 6.46. The Labute approximate surface area is 120 Å². The van der Waals surface area contributed by atoms with Gasteiger partial charge < -0.3 is 15.3 Å². The predicted octanol–water partition coefficient (Wildman–Crippen LogP) is 2.60. The molecule has 0 bridgehead atoms. The number of aliphatic carboxylic acids is 1. The van der Waals surface area contributed by atoms with Gasteiger partial charge in [0.15, 0.2) is 0 Å². The first-order valence-corrected chi connectivity index (χ1v) is 7.75. The fraction of sp³-hybridized carbons (Fsp3) is 0.867. The summed E-state index contributed by atoms with van der Waals surface area (Å²) < 4.78 is 0. The number of urea groups is 1. The SMILES string of the molecule is CC1CCCCC1N(C)C(=O)NC1(C(=O)O)CCCC1. The van der Waals surface area contributed by atoms with Crippen LogP contribution in [0.2, 0.25) is 0 Å². The van der Waals surface area contributed by atoms with Crippen molar-refractivity contribution in [2.75, 3.05) is 7.05 Å². The lowest BCUT2D eigenvalue weighted by atomic mass is 9.85. The molecule has 0 aromatic heterocycles. The number of hydrogen-bond acceptors (Lipinski definition) is 2. The summed E-state index contributed by atoms with van der Waals surface area (Å²) in [4.78, 5) is 25.6. The highest BCUT2D eigenvalue weighted by atomic mass is 16.4. The zero-order valence-electron chi connectivity index (χ0n) is 12.5. The van der Waals surface area contributed by atoms with Crippen LogP contribution in [-0.2, 0) is 4.79 Å². The zero-order chi connectivity index (χ0) is 14.8. The Bertz CT molecular complexity index is 377. The van der Waals surface area contributed by atoms with Gasteiger partial charge in [0.1, 0.15) is 5.54 Å². The van der Waals surface area contributed by atoms with E-state index in [1.54, 1.807) is 11.9 Å². The molecule has 5 heteroatoms. The van der Waals surface area contributed by atoms with Gasteiger partial charge in [-0.15, -0.1) is 0 Å². The van der Waals surface area contributed by atoms with Crippen LogP contribution in [0.5, 0.6) is 0 Å². The third-order valence-electron chi connectivity index (χ3n) is 5.10. The van der Waals surface area contributed by atoms with E-state index in [2.05, 4.69) is 12.2 Å². The average molecular weight is 282 g/mol. The first kappa shape index (κ1) is 15.1. The number of nitrogens with one attached hydrogen (secondary N) is 1. The third kappa shape index (κ3) is 2.91. The van der Waals surface area contributed by atoms with Crippen molar-refractivity contribution < 1.29 is 14.7 Å². The van der Waals surface area contributed by atoms with Crippen LogP contribution in [0, 0.1) is 5.92 Å². The van der Waals surface area contributed by atoms with Crippen molar-refractivity contribution >= 4 is 12.0 Å². The Hall–Kier alpha value is -1.26. The largest absolute Gasteiger partial charge is 0.480 e. The summed E-state index contributed by atoms with van der Waals surface area (Å²) in [5.74, 6) is -0.405. The highest BCUT2D eigenvalue weighted by Crippen LogP contribution is 2.31. The van der Waals surface area contributed by atoms with Gasteiger partial charge in [0.2, 0.25) is 0 Å². The second kappa shape index (κ2) is 6.02. The predicted molar refractivity (Wildman–Crippen MR) is 76.5 cm³/mol. The Balaban J connectivity index is 2.01. The van der Waals surface area contributed by atoms with Gasteiger partial charge in [0.05, 0.1) is 0 Å². The molecule has 0 spiro atoms. The van der Waals surface area contributed by atoms with Crippen LogP contribution < -0.4 is 5.32 Å². The summed E-state index contributed by atoms with van der Waals surface area (Å²) >= 11 is 0. The molecular formula is C15H26N2O3. The fourth-order valence-corrected chi connectivity index (χ4v) is 3.69. The summed E-state index contributed by atoms with van der Waals surface area (Å²) in [6, 6.07) is 0.00375. The lowest BCUT2D eigenvalue weighted by Crippen LogP contribution is -2.58. The molecule has 0 heterocycles. The van der Waals surface area contributed by atoms with E-state index in [4.69, 9.17) is 0 Å². The highest BCUT2D eigenvalue weighted by Gasteiger charge is 2.43. The van der Waals surface area contributed by atoms with E-state index in [9.17, 15) is 14.7 Å². The molecule has 2 amide bonds. The molecule has 0 aromatic carbocycles. The summed E-state index contributed by atoms with van der Waals surface area (Å²) in [5.41, 5.74) is -1.04. The molecule has 0 aromatic rings. The van der Waals surface area contributed by atoms with E-state index in [1.165, 1.54) is 6.42 Å². The third-order valence-corrected chi connectivity index (χ3v) is 5.10. The molecule has 2 atom stereocenters. The smallest absolute Gasteiger partial charge is 0.329 e. The number of carboxylic acids is 1. The van der Waals surface area contributed by atoms with E-state index in [1.807, 2.05) is 0 Å². The summed E-state index contributed by atoms with van der Waals surface area (Å²) in [7, 11) is 1.80. The van der Waals surface area contributed by atoms with Crippen LogP contribution in [0.3, 0.4) is 0 Å². The molecule has 0 aliphatic heterocycles.